The van der Waals surface area contributed by atoms with Crippen molar-refractivity contribution in [3.8, 4) is 17.1 Å². The van der Waals surface area contributed by atoms with Crippen molar-refractivity contribution in [1.82, 2.24) is 15.0 Å². The maximum Gasteiger partial charge on any atom is 0.409 e. The number of aromatic nitrogens is 3. The highest BCUT2D eigenvalue weighted by Gasteiger charge is 2.14. The summed E-state index contributed by atoms with van der Waals surface area (Å²) >= 11 is 0. The average molecular weight is 476 g/mol. The van der Waals surface area contributed by atoms with Crippen LogP contribution in [0.25, 0.3) is 22.3 Å². The fourth-order valence-corrected chi connectivity index (χ4v) is 4.39. The van der Waals surface area contributed by atoms with E-state index < -0.39 is 15.9 Å². The number of fused-ring (bicyclic) bond motifs is 1. The first-order chi connectivity index (χ1) is 16.3. The van der Waals surface area contributed by atoms with Gasteiger partial charge in [-0.2, -0.15) is 0 Å². The van der Waals surface area contributed by atoms with E-state index in [1.807, 2.05) is 37.3 Å². The van der Waals surface area contributed by atoms with Gasteiger partial charge in [0.2, 0.25) is 0 Å². The van der Waals surface area contributed by atoms with E-state index in [0.29, 0.717) is 17.0 Å². The van der Waals surface area contributed by atoms with E-state index in [1.54, 1.807) is 12.4 Å². The second-order valence-corrected chi connectivity index (χ2v) is 9.35. The minimum atomic E-state index is -3.60. The van der Waals surface area contributed by atoms with Crippen molar-refractivity contribution in [2.24, 2.45) is 5.73 Å². The maximum atomic E-state index is 12.6. The molecule has 1 aromatic carbocycles. The smallest absolute Gasteiger partial charge is 0.409 e. The number of ether oxygens (including phenoxy) is 1. The number of sulfone groups is 1. The predicted octanol–water partition coefficient (Wildman–Crippen LogP) is 3.86. The summed E-state index contributed by atoms with van der Waals surface area (Å²) in [4.78, 5) is 24.4. The van der Waals surface area contributed by atoms with Gasteiger partial charge in [0.05, 0.1) is 22.0 Å². The van der Waals surface area contributed by atoms with Crippen molar-refractivity contribution in [1.29, 1.82) is 0 Å². The third-order valence-electron chi connectivity index (χ3n) is 4.89. The van der Waals surface area contributed by atoms with Gasteiger partial charge in [0.15, 0.2) is 15.7 Å². The van der Waals surface area contributed by atoms with E-state index in [9.17, 15) is 13.2 Å². The summed E-state index contributed by atoms with van der Waals surface area (Å²) in [6, 6.07) is 14.9. The molecule has 0 saturated heterocycles. The standard InChI is InChI=1S/C24H21N5O4S/c1-16-5-2-11-26-21(16)20-15-17-6-3-12-27-22(17)23(29-20)28-13-4-14-34(31,32)19-9-7-18(8-10-19)33-24(25)30/h2-13,15H,14H2,1H3,(H2,25,30)(H,28,29). The number of pyridine rings is 3. The van der Waals surface area contributed by atoms with Crippen LogP contribution in [0, 0.1) is 6.92 Å². The van der Waals surface area contributed by atoms with Crippen LogP contribution in [0.4, 0.5) is 10.6 Å². The second kappa shape index (κ2) is 9.67. The van der Waals surface area contributed by atoms with Crippen LogP contribution in [-0.4, -0.2) is 35.2 Å². The number of carbonyl (C=O) groups is 1. The molecule has 3 N–H and O–H groups in total. The van der Waals surface area contributed by atoms with Crippen LogP contribution < -0.4 is 15.8 Å². The molecule has 3 aromatic heterocycles. The van der Waals surface area contributed by atoms with Crippen molar-refractivity contribution in [3.63, 3.8) is 0 Å². The molecule has 172 valence electrons. The maximum absolute atomic E-state index is 12.6. The van der Waals surface area contributed by atoms with Crippen LogP contribution >= 0.6 is 0 Å². The predicted molar refractivity (Wildman–Crippen MR) is 129 cm³/mol. The molecule has 9 nitrogen and oxygen atoms in total. The number of benzene rings is 1. The molecule has 0 bridgehead atoms. The third kappa shape index (κ3) is 5.18. The van der Waals surface area contributed by atoms with E-state index in [1.165, 1.54) is 36.5 Å². The monoisotopic (exact) mass is 475 g/mol. The van der Waals surface area contributed by atoms with Gasteiger partial charge in [0.1, 0.15) is 11.3 Å². The zero-order valence-electron chi connectivity index (χ0n) is 18.2. The quantitative estimate of drug-likeness (QED) is 0.411. The number of nitrogens with two attached hydrogens (primary N) is 1. The van der Waals surface area contributed by atoms with Crippen LogP contribution in [0.15, 0.2) is 84.2 Å². The molecule has 1 amide bonds. The molecule has 0 aliphatic carbocycles. The number of anilines is 1. The molecule has 0 atom stereocenters. The minimum absolute atomic E-state index is 0.0897. The largest absolute Gasteiger partial charge is 0.411 e. The Labute approximate surface area is 196 Å². The molecule has 10 heteroatoms. The third-order valence-corrected chi connectivity index (χ3v) is 6.52. The number of hydrogen-bond acceptors (Lipinski definition) is 8. The number of aryl methyl sites for hydroxylation is 1. The Bertz CT molecular complexity index is 1490. The van der Waals surface area contributed by atoms with Crippen molar-refractivity contribution >= 4 is 32.7 Å². The highest BCUT2D eigenvalue weighted by molar-refractivity contribution is 7.91. The van der Waals surface area contributed by atoms with Gasteiger partial charge in [-0.15, -0.1) is 0 Å². The van der Waals surface area contributed by atoms with E-state index in [4.69, 9.17) is 10.5 Å². The molecule has 0 unspecified atom stereocenters. The van der Waals surface area contributed by atoms with Gasteiger partial charge < -0.3 is 15.8 Å². The lowest BCUT2D eigenvalue weighted by Crippen LogP contribution is -2.16. The zero-order chi connectivity index (χ0) is 24.1. The molecule has 0 saturated carbocycles. The number of hydrogen-bond donors (Lipinski definition) is 2. The van der Waals surface area contributed by atoms with Gasteiger partial charge in [-0.1, -0.05) is 18.2 Å². The Morgan fingerprint density at radius 2 is 1.82 bits per heavy atom. The Morgan fingerprint density at radius 1 is 1.09 bits per heavy atom. The van der Waals surface area contributed by atoms with Gasteiger partial charge in [0, 0.05) is 17.8 Å². The summed E-state index contributed by atoms with van der Waals surface area (Å²) in [6.07, 6.45) is 5.41. The molecule has 0 fully saturated rings. The fraction of sp³-hybridized carbons (Fsp3) is 0.0833. The lowest BCUT2D eigenvalue weighted by atomic mass is 10.1. The van der Waals surface area contributed by atoms with E-state index in [0.717, 1.165) is 16.6 Å². The van der Waals surface area contributed by atoms with Crippen LogP contribution in [0.3, 0.4) is 0 Å². The summed E-state index contributed by atoms with van der Waals surface area (Å²) in [7, 11) is -3.60. The Hall–Kier alpha value is -4.31. The van der Waals surface area contributed by atoms with Gasteiger partial charge in [-0.25, -0.2) is 18.2 Å². The van der Waals surface area contributed by atoms with Crippen LogP contribution in [0.1, 0.15) is 5.56 Å². The van der Waals surface area contributed by atoms with Crippen LogP contribution in [0.2, 0.25) is 0 Å². The normalized spacial score (nSPS) is 11.6. The summed E-state index contributed by atoms with van der Waals surface area (Å²) in [5.74, 6) is 0.400. The molecule has 4 aromatic rings. The van der Waals surface area contributed by atoms with Gasteiger partial charge in [0.25, 0.3) is 0 Å². The summed E-state index contributed by atoms with van der Waals surface area (Å²) in [5.41, 5.74) is 8.02. The fourth-order valence-electron chi connectivity index (χ4n) is 3.30. The van der Waals surface area contributed by atoms with Gasteiger partial charge in [-0.05, 0) is 61.2 Å². The molecule has 4 rings (SSSR count). The summed E-state index contributed by atoms with van der Waals surface area (Å²) < 4.78 is 30.0. The number of primary amides is 1. The Kier molecular flexibility index (Phi) is 6.51. The first-order valence-corrected chi connectivity index (χ1v) is 11.9. The van der Waals surface area contributed by atoms with Crippen molar-refractivity contribution in [2.75, 3.05) is 11.1 Å². The first-order valence-electron chi connectivity index (χ1n) is 10.2. The number of nitrogens with one attached hydrogen (secondary N) is 1. The van der Waals surface area contributed by atoms with Crippen LogP contribution in [0.5, 0.6) is 5.75 Å². The molecule has 34 heavy (non-hydrogen) atoms. The molecule has 0 spiro atoms. The lowest BCUT2D eigenvalue weighted by molar-refractivity contribution is 0.211. The van der Waals surface area contributed by atoms with E-state index >= 15 is 0 Å². The zero-order valence-corrected chi connectivity index (χ0v) is 19.0. The lowest BCUT2D eigenvalue weighted by Gasteiger charge is -2.10. The molecule has 0 aliphatic heterocycles. The average Bonchev–Trinajstić information content (AvgIpc) is 2.82. The number of nitrogens with zero attached hydrogens (tertiary/aromatic N) is 3. The second-order valence-electron chi connectivity index (χ2n) is 7.32. The molecule has 0 radical (unpaired) electrons. The van der Waals surface area contributed by atoms with Gasteiger partial charge in [-0.3, -0.25) is 9.97 Å². The molecular formula is C24H21N5O4S. The van der Waals surface area contributed by atoms with Crippen LogP contribution in [-0.2, 0) is 9.84 Å². The highest BCUT2D eigenvalue weighted by Crippen LogP contribution is 2.27. The molecule has 0 aliphatic rings. The van der Waals surface area contributed by atoms with Gasteiger partial charge >= 0.3 is 6.09 Å². The van der Waals surface area contributed by atoms with E-state index in [-0.39, 0.29) is 16.4 Å². The highest BCUT2D eigenvalue weighted by atomic mass is 32.2. The Balaban J connectivity index is 1.54. The first kappa shape index (κ1) is 22.9. The van der Waals surface area contributed by atoms with Crippen molar-refractivity contribution < 1.29 is 17.9 Å². The summed E-state index contributed by atoms with van der Waals surface area (Å²) in [6.45, 7) is 1.96. The number of carbonyl (C=O) groups excluding carboxylic acids is 1. The van der Waals surface area contributed by atoms with Crippen molar-refractivity contribution in [2.45, 2.75) is 11.8 Å². The SMILES string of the molecule is Cc1cccnc1-c1cc2cccnc2c(NC=CCS(=O)(=O)c2ccc(OC(N)=O)cc2)n1. The topological polar surface area (TPSA) is 137 Å². The number of rotatable bonds is 7. The molecular weight excluding hydrogens is 454 g/mol. The molecule has 3 heterocycles. The Morgan fingerprint density at radius 3 is 2.56 bits per heavy atom. The van der Waals surface area contributed by atoms with E-state index in [2.05, 4.69) is 20.3 Å². The van der Waals surface area contributed by atoms with Crippen molar-refractivity contribution in [3.05, 3.63) is 84.8 Å². The summed E-state index contributed by atoms with van der Waals surface area (Å²) in [5, 5.41) is 3.93. The minimum Gasteiger partial charge on any atom is -0.411 e. The number of amides is 1.